The van der Waals surface area contributed by atoms with Crippen LogP contribution >= 0.6 is 0 Å². The zero-order chi connectivity index (χ0) is 14.6. The molecule has 1 aromatic heterocycles. The first-order valence-electron chi connectivity index (χ1n) is 6.80. The summed E-state index contributed by atoms with van der Waals surface area (Å²) in [6.07, 6.45) is 0.737. The van der Waals surface area contributed by atoms with Crippen molar-refractivity contribution in [3.05, 3.63) is 17.0 Å². The molecule has 0 aliphatic rings. The number of rotatable bonds is 6. The Labute approximate surface area is 115 Å². The summed E-state index contributed by atoms with van der Waals surface area (Å²) in [4.78, 5) is 11.9. The van der Waals surface area contributed by atoms with Crippen molar-refractivity contribution in [3.8, 4) is 0 Å². The fourth-order valence-corrected chi connectivity index (χ4v) is 1.99. The van der Waals surface area contributed by atoms with Crippen LogP contribution in [0.15, 0.2) is 0 Å². The maximum absolute atomic E-state index is 11.9. The fraction of sp³-hybridized carbons (Fsp3) is 0.714. The van der Waals surface area contributed by atoms with E-state index in [4.69, 9.17) is 0 Å². The van der Waals surface area contributed by atoms with E-state index in [0.717, 1.165) is 23.4 Å². The summed E-state index contributed by atoms with van der Waals surface area (Å²) in [7, 11) is 1.87. The van der Waals surface area contributed by atoms with E-state index in [1.165, 1.54) is 0 Å². The smallest absolute Gasteiger partial charge is 0.224 e. The van der Waals surface area contributed by atoms with Crippen molar-refractivity contribution >= 4 is 5.91 Å². The average molecular weight is 267 g/mol. The van der Waals surface area contributed by atoms with Gasteiger partial charge in [-0.3, -0.25) is 9.48 Å². The van der Waals surface area contributed by atoms with E-state index >= 15 is 0 Å². The van der Waals surface area contributed by atoms with Crippen molar-refractivity contribution in [1.82, 2.24) is 15.1 Å². The fourth-order valence-electron chi connectivity index (χ4n) is 1.99. The van der Waals surface area contributed by atoms with Gasteiger partial charge in [0.1, 0.15) is 0 Å². The molecule has 0 saturated heterocycles. The molecule has 1 amide bonds. The highest BCUT2D eigenvalue weighted by Gasteiger charge is 2.16. The van der Waals surface area contributed by atoms with Gasteiger partial charge in [0.15, 0.2) is 0 Å². The summed E-state index contributed by atoms with van der Waals surface area (Å²) in [6, 6.07) is 0. The van der Waals surface area contributed by atoms with E-state index in [1.54, 1.807) is 4.68 Å². The van der Waals surface area contributed by atoms with Crippen LogP contribution in [-0.4, -0.2) is 33.4 Å². The molecule has 108 valence electrons. The second-order valence-electron chi connectivity index (χ2n) is 5.21. The number of nitrogens with one attached hydrogen (secondary N) is 1. The molecular formula is C14H25N3O2. The largest absolute Gasteiger partial charge is 0.391 e. The number of amides is 1. The summed E-state index contributed by atoms with van der Waals surface area (Å²) in [5.41, 5.74) is 2.87. The Balaban J connectivity index is 2.52. The molecular weight excluding hydrogens is 242 g/mol. The zero-order valence-electron chi connectivity index (χ0n) is 12.5. The van der Waals surface area contributed by atoms with Crippen molar-refractivity contribution in [3.63, 3.8) is 0 Å². The van der Waals surface area contributed by atoms with Gasteiger partial charge in [0.05, 0.1) is 18.2 Å². The van der Waals surface area contributed by atoms with Crippen LogP contribution in [0.2, 0.25) is 0 Å². The number of aromatic nitrogens is 2. The summed E-state index contributed by atoms with van der Waals surface area (Å²) in [6.45, 7) is 8.18. The molecule has 0 radical (unpaired) electrons. The van der Waals surface area contributed by atoms with E-state index in [0.29, 0.717) is 13.0 Å². The highest BCUT2D eigenvalue weighted by molar-refractivity contribution is 5.79. The summed E-state index contributed by atoms with van der Waals surface area (Å²) >= 11 is 0. The van der Waals surface area contributed by atoms with Gasteiger partial charge in [-0.1, -0.05) is 20.3 Å². The van der Waals surface area contributed by atoms with Crippen LogP contribution in [0.25, 0.3) is 0 Å². The molecule has 0 spiro atoms. The van der Waals surface area contributed by atoms with Gasteiger partial charge in [-0.15, -0.1) is 0 Å². The van der Waals surface area contributed by atoms with Crippen molar-refractivity contribution < 1.29 is 9.90 Å². The van der Waals surface area contributed by atoms with Crippen LogP contribution in [0.5, 0.6) is 0 Å². The standard InChI is InChI=1S/C14H25N3O2/c1-6-9(2)13(18)8-15-14(19)7-12-10(3)16-17(5)11(12)4/h9,13,18H,6-8H2,1-5H3,(H,15,19). The molecule has 0 bridgehead atoms. The first kappa shape index (κ1) is 15.7. The average Bonchev–Trinajstić information content (AvgIpc) is 2.61. The molecule has 0 saturated carbocycles. The highest BCUT2D eigenvalue weighted by Crippen LogP contribution is 2.12. The third-order valence-electron chi connectivity index (χ3n) is 3.81. The number of aryl methyl sites for hydroxylation is 2. The molecule has 5 nitrogen and oxygen atoms in total. The zero-order valence-corrected chi connectivity index (χ0v) is 12.5. The minimum Gasteiger partial charge on any atom is -0.391 e. The van der Waals surface area contributed by atoms with E-state index in [9.17, 15) is 9.90 Å². The highest BCUT2D eigenvalue weighted by atomic mass is 16.3. The number of carbonyl (C=O) groups excluding carboxylic acids is 1. The predicted molar refractivity (Wildman–Crippen MR) is 74.9 cm³/mol. The third kappa shape index (κ3) is 4.06. The van der Waals surface area contributed by atoms with Gasteiger partial charge in [-0.25, -0.2) is 0 Å². The molecule has 0 fully saturated rings. The number of aliphatic hydroxyl groups is 1. The van der Waals surface area contributed by atoms with Crippen molar-refractivity contribution in [1.29, 1.82) is 0 Å². The molecule has 1 rings (SSSR count). The summed E-state index contributed by atoms with van der Waals surface area (Å²) in [5.74, 6) is 0.128. The number of nitrogens with zero attached hydrogens (tertiary/aromatic N) is 2. The van der Waals surface area contributed by atoms with Gasteiger partial charge in [0.2, 0.25) is 5.91 Å². The Morgan fingerprint density at radius 2 is 2.11 bits per heavy atom. The summed E-state index contributed by atoms with van der Waals surface area (Å²) < 4.78 is 1.78. The van der Waals surface area contributed by atoms with E-state index in [2.05, 4.69) is 10.4 Å². The van der Waals surface area contributed by atoms with Gasteiger partial charge in [-0.2, -0.15) is 5.10 Å². The third-order valence-corrected chi connectivity index (χ3v) is 3.81. The minimum atomic E-state index is -0.481. The minimum absolute atomic E-state index is 0.0680. The maximum Gasteiger partial charge on any atom is 0.224 e. The van der Waals surface area contributed by atoms with Crippen molar-refractivity contribution in [2.75, 3.05) is 6.54 Å². The molecule has 0 aliphatic heterocycles. The van der Waals surface area contributed by atoms with E-state index in [1.807, 2.05) is 34.7 Å². The lowest BCUT2D eigenvalue weighted by molar-refractivity contribution is -0.121. The first-order chi connectivity index (χ1) is 8.86. The molecule has 2 atom stereocenters. The SMILES string of the molecule is CCC(C)C(O)CNC(=O)Cc1c(C)nn(C)c1C. The quantitative estimate of drug-likeness (QED) is 0.811. The Morgan fingerprint density at radius 1 is 1.47 bits per heavy atom. The Hall–Kier alpha value is -1.36. The molecule has 1 heterocycles. The summed E-state index contributed by atoms with van der Waals surface area (Å²) in [5, 5.41) is 16.9. The van der Waals surface area contributed by atoms with Gasteiger partial charge < -0.3 is 10.4 Å². The normalized spacial score (nSPS) is 14.2. The maximum atomic E-state index is 11.9. The van der Waals surface area contributed by atoms with Gasteiger partial charge in [-0.05, 0) is 19.8 Å². The lowest BCUT2D eigenvalue weighted by atomic mass is 10.0. The van der Waals surface area contributed by atoms with E-state index in [-0.39, 0.29) is 11.8 Å². The Bertz CT molecular complexity index is 440. The number of carbonyl (C=O) groups is 1. The van der Waals surface area contributed by atoms with Crippen molar-refractivity contribution in [2.45, 2.75) is 46.6 Å². The van der Waals surface area contributed by atoms with Crippen LogP contribution in [0, 0.1) is 19.8 Å². The lowest BCUT2D eigenvalue weighted by Crippen LogP contribution is -2.36. The second kappa shape index (κ2) is 6.70. The number of hydrogen-bond acceptors (Lipinski definition) is 3. The van der Waals surface area contributed by atoms with Gasteiger partial charge >= 0.3 is 0 Å². The molecule has 2 N–H and O–H groups in total. The monoisotopic (exact) mass is 267 g/mol. The first-order valence-corrected chi connectivity index (χ1v) is 6.80. The second-order valence-corrected chi connectivity index (χ2v) is 5.21. The topological polar surface area (TPSA) is 67.2 Å². The molecule has 1 aromatic rings. The van der Waals surface area contributed by atoms with Gasteiger partial charge in [0, 0.05) is 24.8 Å². The molecule has 0 aromatic carbocycles. The molecule has 2 unspecified atom stereocenters. The Kier molecular flexibility index (Phi) is 5.54. The number of aliphatic hydroxyl groups excluding tert-OH is 1. The van der Waals surface area contributed by atoms with Crippen LogP contribution in [0.4, 0.5) is 0 Å². The van der Waals surface area contributed by atoms with Crippen LogP contribution in [0.1, 0.15) is 37.2 Å². The van der Waals surface area contributed by atoms with Crippen LogP contribution < -0.4 is 5.32 Å². The molecule has 5 heteroatoms. The Morgan fingerprint density at radius 3 is 2.58 bits per heavy atom. The van der Waals surface area contributed by atoms with E-state index < -0.39 is 6.10 Å². The predicted octanol–water partition coefficient (Wildman–Crippen LogP) is 1.10. The van der Waals surface area contributed by atoms with Crippen LogP contribution in [0.3, 0.4) is 0 Å². The lowest BCUT2D eigenvalue weighted by Gasteiger charge is -2.17. The molecule has 19 heavy (non-hydrogen) atoms. The molecule has 0 aliphatic carbocycles. The number of hydrogen-bond donors (Lipinski definition) is 2. The van der Waals surface area contributed by atoms with Crippen molar-refractivity contribution in [2.24, 2.45) is 13.0 Å². The van der Waals surface area contributed by atoms with Crippen LogP contribution in [-0.2, 0) is 18.3 Å². The van der Waals surface area contributed by atoms with Gasteiger partial charge in [0.25, 0.3) is 0 Å².